The number of benzene rings is 3. The second kappa shape index (κ2) is 12.8. The number of hydrogen-bond donors (Lipinski definition) is 2. The fourth-order valence-corrected chi connectivity index (χ4v) is 10.2. The molecular formula is C38H30BrCl2N3O6S. The monoisotopic (exact) mass is 805 g/mol. The predicted molar refractivity (Wildman–Crippen MR) is 196 cm³/mol. The maximum atomic E-state index is 15.3. The van der Waals surface area contributed by atoms with Crippen molar-refractivity contribution in [3.63, 3.8) is 0 Å². The normalized spacial score (nSPS) is 26.9. The van der Waals surface area contributed by atoms with Crippen LogP contribution in [0.1, 0.15) is 34.8 Å². The van der Waals surface area contributed by atoms with Crippen molar-refractivity contribution >= 4 is 79.8 Å². The first-order valence-corrected chi connectivity index (χ1v) is 18.8. The third-order valence-electron chi connectivity index (χ3n) is 10.9. The van der Waals surface area contributed by atoms with E-state index in [0.29, 0.717) is 32.1 Å². The number of thiophene rings is 1. The van der Waals surface area contributed by atoms with Crippen molar-refractivity contribution in [2.45, 2.75) is 30.7 Å². The molecule has 4 aromatic rings. The van der Waals surface area contributed by atoms with Crippen LogP contribution in [0.25, 0.3) is 0 Å². The number of rotatable bonds is 7. The van der Waals surface area contributed by atoms with Crippen molar-refractivity contribution in [2.24, 2.45) is 23.7 Å². The summed E-state index contributed by atoms with van der Waals surface area (Å²) in [7, 11) is 1.54. The summed E-state index contributed by atoms with van der Waals surface area (Å²) in [6, 6.07) is 20.5. The number of amides is 4. The number of methoxy groups -OCH3 is 1. The third kappa shape index (κ3) is 5.23. The van der Waals surface area contributed by atoms with Crippen LogP contribution in [-0.4, -0.2) is 45.8 Å². The lowest BCUT2D eigenvalue weighted by molar-refractivity contribution is -0.141. The van der Waals surface area contributed by atoms with Gasteiger partial charge in [-0.3, -0.25) is 29.5 Å². The van der Waals surface area contributed by atoms with Gasteiger partial charge in [-0.1, -0.05) is 69.0 Å². The van der Waals surface area contributed by atoms with E-state index in [9.17, 15) is 19.5 Å². The van der Waals surface area contributed by atoms with Gasteiger partial charge in [0.25, 0.3) is 11.8 Å². The molecule has 4 amide bonds. The Kier molecular flexibility index (Phi) is 8.53. The van der Waals surface area contributed by atoms with Crippen molar-refractivity contribution in [3.8, 4) is 11.5 Å². The van der Waals surface area contributed by atoms with Crippen LogP contribution in [0.15, 0.2) is 94.3 Å². The number of aromatic hydroxyl groups is 1. The Bertz CT molecular complexity index is 2140. The summed E-state index contributed by atoms with van der Waals surface area (Å²) in [5.74, 6) is -4.92. The third-order valence-corrected chi connectivity index (χ3v) is 12.8. The number of anilines is 1. The zero-order valence-corrected chi connectivity index (χ0v) is 30.9. The zero-order chi connectivity index (χ0) is 35.8. The van der Waals surface area contributed by atoms with Gasteiger partial charge in [-0.15, -0.1) is 11.3 Å². The van der Waals surface area contributed by atoms with Gasteiger partial charge in [0.1, 0.15) is 11.5 Å². The fraction of sp³-hybridized carbons (Fsp3) is 0.263. The molecule has 0 bridgehead atoms. The van der Waals surface area contributed by atoms with Gasteiger partial charge in [-0.05, 0) is 84.3 Å². The SMILES string of the molecule is COc1ccc([C@@]23C(=O)N(Nc4ccc(Cl)cc4Cl)C(=O)[C@@H]2C[C@@H]2C(=CC[C@@H]4C(=O)N(Cc5cccs5)C(=O)[C@@H]42)[C@@H]3c2cc(Br)ccc2O)cc1. The molecule has 260 valence electrons. The molecule has 8 rings (SSSR count). The number of hydrazine groups is 1. The number of carbonyl (C=O) groups excluding carboxylic acids is 4. The van der Waals surface area contributed by atoms with E-state index in [1.807, 2.05) is 23.6 Å². The molecule has 4 aliphatic rings. The van der Waals surface area contributed by atoms with Crippen LogP contribution >= 0.6 is 50.5 Å². The summed E-state index contributed by atoms with van der Waals surface area (Å²) in [5.41, 5.74) is 3.40. The Morgan fingerprint density at radius 3 is 2.47 bits per heavy atom. The summed E-state index contributed by atoms with van der Waals surface area (Å²) in [4.78, 5) is 60.6. The van der Waals surface area contributed by atoms with Gasteiger partial charge in [0.05, 0.1) is 47.5 Å². The van der Waals surface area contributed by atoms with Gasteiger partial charge in [0.15, 0.2) is 0 Å². The number of halogens is 3. The Morgan fingerprint density at radius 1 is 0.980 bits per heavy atom. The Labute approximate surface area is 315 Å². The van der Waals surface area contributed by atoms with Crippen LogP contribution in [0.2, 0.25) is 10.0 Å². The van der Waals surface area contributed by atoms with Crippen LogP contribution in [-0.2, 0) is 31.1 Å². The Balaban J connectivity index is 1.33. The smallest absolute Gasteiger partial charge is 0.260 e. The number of allylic oxidation sites excluding steroid dienone is 2. The number of hydrogen-bond acceptors (Lipinski definition) is 8. The lowest BCUT2D eigenvalue weighted by Crippen LogP contribution is -2.53. The van der Waals surface area contributed by atoms with E-state index in [-0.39, 0.29) is 42.0 Å². The number of phenols is 1. The molecule has 0 spiro atoms. The topological polar surface area (TPSA) is 116 Å². The highest BCUT2D eigenvalue weighted by molar-refractivity contribution is 9.10. The summed E-state index contributed by atoms with van der Waals surface area (Å²) < 4.78 is 6.11. The summed E-state index contributed by atoms with van der Waals surface area (Å²) in [6.45, 7) is 0.177. The van der Waals surface area contributed by atoms with Gasteiger partial charge in [-0.25, -0.2) is 0 Å². The molecule has 2 aliphatic carbocycles. The van der Waals surface area contributed by atoms with Crippen LogP contribution in [0.5, 0.6) is 11.5 Å². The standard InChI is InChI=1S/C38H30BrCl2N3O6S/c1-50-22-8-4-19(5-9-22)38-28(35(47)44(37(38)49)42-30-12-7-21(40)16-29(30)41)17-26-24(33(38)27-15-20(39)6-13-31(27)45)10-11-25-32(26)36(48)43(34(25)46)18-23-3-2-14-51-23/h2-10,12-16,25-26,28,32-33,42,45H,11,17-18H2,1H3/t25-,26+,28-,32-,33+,38+/m0/s1. The minimum atomic E-state index is -1.58. The molecule has 9 nitrogen and oxygen atoms in total. The lowest BCUT2D eigenvalue weighted by atomic mass is 9.49. The van der Waals surface area contributed by atoms with E-state index in [2.05, 4.69) is 21.4 Å². The van der Waals surface area contributed by atoms with Crippen LogP contribution in [0.3, 0.4) is 0 Å². The maximum Gasteiger partial charge on any atom is 0.260 e. The minimum absolute atomic E-state index is 0.0703. The molecule has 1 saturated carbocycles. The van der Waals surface area contributed by atoms with Gasteiger partial charge in [0, 0.05) is 25.9 Å². The number of likely N-dealkylation sites (tertiary alicyclic amines) is 1. The highest BCUT2D eigenvalue weighted by atomic mass is 79.9. The van der Waals surface area contributed by atoms with E-state index < -0.39 is 46.8 Å². The molecule has 2 saturated heterocycles. The Hall–Kier alpha value is -4.16. The first-order chi connectivity index (χ1) is 24.5. The summed E-state index contributed by atoms with van der Waals surface area (Å²) >= 11 is 17.7. The number of phenolic OH excluding ortho intramolecular Hbond substituents is 1. The number of fused-ring (bicyclic) bond motifs is 4. The molecule has 2 N–H and O–H groups in total. The maximum absolute atomic E-state index is 15.3. The summed E-state index contributed by atoms with van der Waals surface area (Å²) in [6.07, 6.45) is 2.36. The number of ether oxygens (including phenoxy) is 1. The van der Waals surface area contributed by atoms with Gasteiger partial charge in [-0.2, -0.15) is 5.01 Å². The molecular weight excluding hydrogens is 777 g/mol. The molecule has 6 atom stereocenters. The quantitative estimate of drug-likeness (QED) is 0.145. The van der Waals surface area contributed by atoms with Crippen molar-refractivity contribution in [1.29, 1.82) is 0 Å². The van der Waals surface area contributed by atoms with Crippen molar-refractivity contribution in [3.05, 3.63) is 120 Å². The van der Waals surface area contributed by atoms with Crippen LogP contribution in [0.4, 0.5) is 5.69 Å². The second-order valence-corrected chi connectivity index (χ2v) is 16.0. The predicted octanol–water partition coefficient (Wildman–Crippen LogP) is 7.72. The summed E-state index contributed by atoms with van der Waals surface area (Å²) in [5, 5.41) is 15.1. The molecule has 51 heavy (non-hydrogen) atoms. The molecule has 13 heteroatoms. The number of imide groups is 2. The molecule has 0 unspecified atom stereocenters. The molecule has 0 radical (unpaired) electrons. The first kappa shape index (κ1) is 34.0. The van der Waals surface area contributed by atoms with Crippen LogP contribution < -0.4 is 10.2 Å². The molecule has 1 aromatic heterocycles. The highest BCUT2D eigenvalue weighted by Gasteiger charge is 2.70. The highest BCUT2D eigenvalue weighted by Crippen LogP contribution is 2.65. The largest absolute Gasteiger partial charge is 0.508 e. The molecule has 2 aliphatic heterocycles. The van der Waals surface area contributed by atoms with Crippen molar-refractivity contribution in [1.82, 2.24) is 9.91 Å². The van der Waals surface area contributed by atoms with Gasteiger partial charge < -0.3 is 9.84 Å². The average molecular weight is 808 g/mol. The molecule has 3 heterocycles. The van der Waals surface area contributed by atoms with Crippen molar-refractivity contribution < 1.29 is 29.0 Å². The van der Waals surface area contributed by atoms with E-state index in [4.69, 9.17) is 27.9 Å². The minimum Gasteiger partial charge on any atom is -0.508 e. The number of carbonyl (C=O) groups is 4. The second-order valence-electron chi connectivity index (χ2n) is 13.3. The van der Waals surface area contributed by atoms with E-state index in [1.54, 1.807) is 61.7 Å². The van der Waals surface area contributed by atoms with Gasteiger partial charge in [0.2, 0.25) is 11.8 Å². The lowest BCUT2D eigenvalue weighted by Gasteiger charge is -2.50. The van der Waals surface area contributed by atoms with E-state index in [0.717, 1.165) is 15.5 Å². The van der Waals surface area contributed by atoms with Crippen LogP contribution in [0, 0.1) is 23.7 Å². The first-order valence-electron chi connectivity index (χ1n) is 16.3. The zero-order valence-electron chi connectivity index (χ0n) is 27.0. The molecule has 3 fully saturated rings. The Morgan fingerprint density at radius 2 is 1.76 bits per heavy atom. The molecule has 3 aromatic carbocycles. The van der Waals surface area contributed by atoms with Gasteiger partial charge >= 0.3 is 0 Å². The average Bonchev–Trinajstić information content (AvgIpc) is 3.78. The number of nitrogens with one attached hydrogen (secondary N) is 1. The number of nitrogens with zero attached hydrogens (tertiary/aromatic N) is 2. The fourth-order valence-electron chi connectivity index (χ4n) is 8.72. The van der Waals surface area contributed by atoms with E-state index in [1.165, 1.54) is 22.3 Å². The van der Waals surface area contributed by atoms with E-state index >= 15 is 4.79 Å². The van der Waals surface area contributed by atoms with Crippen molar-refractivity contribution in [2.75, 3.05) is 12.5 Å².